The van der Waals surface area contributed by atoms with Crippen molar-refractivity contribution in [3.63, 3.8) is 0 Å². The Morgan fingerprint density at radius 1 is 0.968 bits per heavy atom. The molecule has 0 aliphatic rings. The minimum atomic E-state index is -1.65. The molecule has 2 aromatic carbocycles. The molecule has 162 valence electrons. The van der Waals surface area contributed by atoms with Crippen molar-refractivity contribution in [1.29, 1.82) is 0 Å². The number of thiocarbonyl (C=S) groups is 1. The van der Waals surface area contributed by atoms with Crippen molar-refractivity contribution in [2.24, 2.45) is 11.7 Å². The third kappa shape index (κ3) is 6.71. The van der Waals surface area contributed by atoms with Gasteiger partial charge in [0.1, 0.15) is 10.7 Å². The van der Waals surface area contributed by atoms with E-state index in [0.717, 1.165) is 0 Å². The van der Waals surface area contributed by atoms with Gasteiger partial charge in [-0.05, 0) is 31.2 Å². The summed E-state index contributed by atoms with van der Waals surface area (Å²) < 4.78 is 9.98. The van der Waals surface area contributed by atoms with Gasteiger partial charge in [-0.25, -0.2) is 4.79 Å². The van der Waals surface area contributed by atoms with Crippen molar-refractivity contribution in [2.75, 3.05) is 13.2 Å². The lowest BCUT2D eigenvalue weighted by Gasteiger charge is -2.16. The van der Waals surface area contributed by atoms with Gasteiger partial charge in [0.25, 0.3) is 0 Å². The Labute approximate surface area is 184 Å². The number of hydrogen-bond acceptors (Lipinski definition) is 8. The summed E-state index contributed by atoms with van der Waals surface area (Å²) in [5.74, 6) is -4.81. The maximum Gasteiger partial charge on any atom is 0.344 e. The number of hydrogen-bond donors (Lipinski definition) is 1. The second kappa shape index (κ2) is 11.0. The molecule has 0 spiro atoms. The van der Waals surface area contributed by atoms with Gasteiger partial charge in [0.05, 0.1) is 18.5 Å². The number of carboxylic acids is 1. The van der Waals surface area contributed by atoms with E-state index in [1.807, 2.05) is 0 Å². The van der Waals surface area contributed by atoms with Gasteiger partial charge in [-0.2, -0.15) is 0 Å². The molecule has 0 saturated heterocycles. The zero-order valence-electron chi connectivity index (χ0n) is 16.7. The molecule has 2 rings (SSSR count). The number of carbonyl (C=O) groups is 4. The number of carboxylic acid groups (broad SMARTS) is 1. The average molecular weight is 442 g/mol. The van der Waals surface area contributed by atoms with E-state index < -0.39 is 35.8 Å². The van der Waals surface area contributed by atoms with E-state index in [2.05, 4.69) is 0 Å². The molecule has 0 aliphatic carbocycles. The largest absolute Gasteiger partial charge is 0.549 e. The van der Waals surface area contributed by atoms with Gasteiger partial charge < -0.3 is 25.1 Å². The minimum Gasteiger partial charge on any atom is -0.549 e. The first-order valence-electron chi connectivity index (χ1n) is 9.29. The lowest BCUT2D eigenvalue weighted by atomic mass is 9.90. The van der Waals surface area contributed by atoms with Crippen LogP contribution in [0.25, 0.3) is 0 Å². The number of aliphatic carboxylic acids is 1. The molecule has 2 aromatic rings. The van der Waals surface area contributed by atoms with Crippen LogP contribution in [-0.4, -0.2) is 41.7 Å². The SMILES string of the molecule is CCOC(=O)COc1ccc(C(=O)CC(C(=O)[O-])C(=O)c2ccc(C(N)=S)cc2)cc1. The summed E-state index contributed by atoms with van der Waals surface area (Å²) in [5.41, 5.74) is 6.32. The highest BCUT2D eigenvalue weighted by molar-refractivity contribution is 7.80. The highest BCUT2D eigenvalue weighted by Gasteiger charge is 2.25. The fraction of sp³-hybridized carbons (Fsp3) is 0.227. The van der Waals surface area contributed by atoms with Gasteiger partial charge in [0.15, 0.2) is 18.2 Å². The lowest BCUT2D eigenvalue weighted by Crippen LogP contribution is -2.37. The topological polar surface area (TPSA) is 136 Å². The van der Waals surface area contributed by atoms with Crippen molar-refractivity contribution in [1.82, 2.24) is 0 Å². The van der Waals surface area contributed by atoms with Crippen LogP contribution in [0, 0.1) is 5.92 Å². The van der Waals surface area contributed by atoms with Crippen molar-refractivity contribution >= 4 is 40.7 Å². The van der Waals surface area contributed by atoms with E-state index in [-0.39, 0.29) is 29.3 Å². The molecule has 0 saturated carbocycles. The third-order valence-electron chi connectivity index (χ3n) is 4.28. The number of carbonyl (C=O) groups excluding carboxylic acids is 4. The van der Waals surface area contributed by atoms with E-state index in [1.54, 1.807) is 6.92 Å². The number of nitrogens with two attached hydrogens (primary N) is 1. The highest BCUT2D eigenvalue weighted by atomic mass is 32.1. The van der Waals surface area contributed by atoms with Crippen LogP contribution in [0.1, 0.15) is 39.6 Å². The Balaban J connectivity index is 2.06. The number of ether oxygens (including phenoxy) is 2. The van der Waals surface area contributed by atoms with Crippen LogP contribution in [0.3, 0.4) is 0 Å². The molecule has 8 nitrogen and oxygen atoms in total. The molecule has 0 radical (unpaired) electrons. The van der Waals surface area contributed by atoms with E-state index in [4.69, 9.17) is 27.4 Å². The molecular formula is C22H20NO7S-. The van der Waals surface area contributed by atoms with Gasteiger partial charge in [-0.15, -0.1) is 0 Å². The molecule has 0 amide bonds. The molecule has 31 heavy (non-hydrogen) atoms. The first-order valence-corrected chi connectivity index (χ1v) is 9.70. The molecule has 1 unspecified atom stereocenters. The average Bonchev–Trinajstić information content (AvgIpc) is 2.75. The van der Waals surface area contributed by atoms with Gasteiger partial charge in [-0.1, -0.05) is 36.5 Å². The second-order valence-electron chi connectivity index (χ2n) is 6.42. The van der Waals surface area contributed by atoms with Crippen molar-refractivity contribution in [2.45, 2.75) is 13.3 Å². The summed E-state index contributed by atoms with van der Waals surface area (Å²) in [5, 5.41) is 11.5. The van der Waals surface area contributed by atoms with E-state index >= 15 is 0 Å². The molecular weight excluding hydrogens is 422 g/mol. The molecule has 1 atom stereocenters. The summed E-state index contributed by atoms with van der Waals surface area (Å²) in [6.45, 7) is 1.63. The van der Waals surface area contributed by atoms with Crippen LogP contribution in [0.15, 0.2) is 48.5 Å². The Morgan fingerprint density at radius 3 is 2.03 bits per heavy atom. The molecule has 0 aliphatic heterocycles. The lowest BCUT2D eigenvalue weighted by molar-refractivity contribution is -0.309. The van der Waals surface area contributed by atoms with Crippen LogP contribution in [0.2, 0.25) is 0 Å². The zero-order chi connectivity index (χ0) is 23.0. The predicted octanol–water partition coefficient (Wildman–Crippen LogP) is 1.08. The first kappa shape index (κ1) is 23.7. The van der Waals surface area contributed by atoms with E-state index in [9.17, 15) is 24.3 Å². The first-order chi connectivity index (χ1) is 14.7. The normalized spacial score (nSPS) is 11.3. The number of esters is 1. The third-order valence-corrected chi connectivity index (χ3v) is 4.52. The number of Topliss-reactive ketones (excluding diaryl/α,β-unsaturated/α-hetero) is 2. The van der Waals surface area contributed by atoms with Crippen LogP contribution in [-0.2, 0) is 14.3 Å². The standard InChI is InChI=1S/C22H21NO7S/c1-2-29-19(25)12-30-16-9-7-13(8-10-16)18(24)11-17(22(27)28)20(26)14-3-5-15(6-4-14)21(23)31/h3-10,17H,2,11-12H2,1H3,(H2,23,31)(H,27,28)/p-1. The van der Waals surface area contributed by atoms with Crippen LogP contribution in [0.4, 0.5) is 0 Å². The van der Waals surface area contributed by atoms with Gasteiger partial charge in [0.2, 0.25) is 0 Å². The fourth-order valence-electron chi connectivity index (χ4n) is 2.67. The molecule has 0 aromatic heterocycles. The van der Waals surface area contributed by atoms with Gasteiger partial charge in [0, 0.05) is 23.1 Å². The number of benzene rings is 2. The molecule has 0 fully saturated rings. The molecule has 2 N–H and O–H groups in total. The summed E-state index contributed by atoms with van der Waals surface area (Å²) in [7, 11) is 0. The van der Waals surface area contributed by atoms with Crippen LogP contribution in [0.5, 0.6) is 5.75 Å². The maximum absolute atomic E-state index is 12.6. The van der Waals surface area contributed by atoms with E-state index in [1.165, 1.54) is 48.5 Å². The number of rotatable bonds is 11. The maximum atomic E-state index is 12.6. The molecule has 9 heteroatoms. The van der Waals surface area contributed by atoms with Gasteiger partial charge >= 0.3 is 5.97 Å². The predicted molar refractivity (Wildman–Crippen MR) is 113 cm³/mol. The fourth-order valence-corrected chi connectivity index (χ4v) is 2.80. The summed E-state index contributed by atoms with van der Waals surface area (Å²) in [6, 6.07) is 11.5. The molecule has 0 bridgehead atoms. The molecule has 0 heterocycles. The van der Waals surface area contributed by atoms with Crippen molar-refractivity contribution in [3.8, 4) is 5.75 Å². The van der Waals surface area contributed by atoms with E-state index in [0.29, 0.717) is 11.3 Å². The van der Waals surface area contributed by atoms with Crippen molar-refractivity contribution < 1.29 is 33.8 Å². The minimum absolute atomic E-state index is 0.102. The Hall–Kier alpha value is -3.59. The zero-order valence-corrected chi connectivity index (χ0v) is 17.5. The van der Waals surface area contributed by atoms with Crippen LogP contribution < -0.4 is 15.6 Å². The van der Waals surface area contributed by atoms with Gasteiger partial charge in [-0.3, -0.25) is 9.59 Å². The van der Waals surface area contributed by atoms with Crippen molar-refractivity contribution in [3.05, 3.63) is 65.2 Å². The Morgan fingerprint density at radius 2 is 1.52 bits per heavy atom. The summed E-state index contributed by atoms with van der Waals surface area (Å²) >= 11 is 4.84. The Bertz CT molecular complexity index is 984. The monoisotopic (exact) mass is 442 g/mol. The summed E-state index contributed by atoms with van der Waals surface area (Å²) in [6.07, 6.45) is -0.568. The smallest absolute Gasteiger partial charge is 0.344 e. The second-order valence-corrected chi connectivity index (χ2v) is 6.86. The quantitative estimate of drug-likeness (QED) is 0.235. The summed E-state index contributed by atoms with van der Waals surface area (Å²) in [4.78, 5) is 48.1. The number of ketones is 2. The Kier molecular flexibility index (Phi) is 8.39. The van der Waals surface area contributed by atoms with Crippen LogP contribution >= 0.6 is 12.2 Å². The highest BCUT2D eigenvalue weighted by Crippen LogP contribution is 2.19.